The summed E-state index contributed by atoms with van der Waals surface area (Å²) in [6.45, 7) is 8.92. The number of nitrogens with zero attached hydrogens (tertiary/aromatic N) is 2. The predicted molar refractivity (Wildman–Crippen MR) is 71.0 cm³/mol. The molecule has 0 radical (unpaired) electrons. The van der Waals surface area contributed by atoms with Gasteiger partial charge in [-0.25, -0.2) is 4.98 Å². The molecule has 1 aromatic rings. The first kappa shape index (κ1) is 10.8. The van der Waals surface area contributed by atoms with E-state index in [0.29, 0.717) is 11.5 Å². The summed E-state index contributed by atoms with van der Waals surface area (Å²) in [5.41, 5.74) is 3.12. The van der Waals surface area contributed by atoms with E-state index in [4.69, 9.17) is 0 Å². The zero-order valence-electron chi connectivity index (χ0n) is 10.7. The molecule has 0 N–H and O–H groups in total. The van der Waals surface area contributed by atoms with Crippen LogP contribution in [0, 0.1) is 5.41 Å². The molecule has 0 bridgehead atoms. The fraction of sp³-hybridized carbons (Fsp3) is 0.533. The number of allylic oxidation sites excluding steroid dienone is 1. The highest BCUT2D eigenvalue weighted by Crippen LogP contribution is 2.46. The molecule has 0 aromatic carbocycles. The van der Waals surface area contributed by atoms with Crippen molar-refractivity contribution in [1.82, 2.24) is 4.98 Å². The van der Waals surface area contributed by atoms with Crippen molar-refractivity contribution < 1.29 is 0 Å². The Hall–Kier alpha value is -1.31. The SMILES string of the molecule is C=C1CCc2cccnc2N1C1CC(C)(C)C1. The van der Waals surface area contributed by atoms with E-state index >= 15 is 0 Å². The monoisotopic (exact) mass is 228 g/mol. The van der Waals surface area contributed by atoms with Gasteiger partial charge >= 0.3 is 0 Å². The van der Waals surface area contributed by atoms with Crippen LogP contribution in [0.4, 0.5) is 5.82 Å². The van der Waals surface area contributed by atoms with Crippen LogP contribution >= 0.6 is 0 Å². The van der Waals surface area contributed by atoms with Gasteiger partial charge in [-0.3, -0.25) is 0 Å². The molecule has 1 aliphatic carbocycles. The lowest BCUT2D eigenvalue weighted by Gasteiger charge is -2.50. The molecule has 3 rings (SSSR count). The second kappa shape index (κ2) is 3.59. The molecule has 0 saturated heterocycles. The van der Waals surface area contributed by atoms with Crippen LogP contribution in [-0.4, -0.2) is 11.0 Å². The number of hydrogen-bond donors (Lipinski definition) is 0. The Labute approximate surface area is 103 Å². The van der Waals surface area contributed by atoms with E-state index in [1.807, 2.05) is 12.3 Å². The number of anilines is 1. The molecule has 0 atom stereocenters. The van der Waals surface area contributed by atoms with E-state index in [-0.39, 0.29) is 0 Å². The second-order valence-electron chi connectivity index (χ2n) is 6.15. The number of aromatic nitrogens is 1. The smallest absolute Gasteiger partial charge is 0.136 e. The predicted octanol–water partition coefficient (Wildman–Crippen LogP) is 3.54. The van der Waals surface area contributed by atoms with Gasteiger partial charge in [0.15, 0.2) is 0 Å². The summed E-state index contributed by atoms with van der Waals surface area (Å²) in [5, 5.41) is 0. The normalized spacial score (nSPS) is 23.2. The van der Waals surface area contributed by atoms with Crippen molar-refractivity contribution in [2.45, 2.75) is 45.6 Å². The fourth-order valence-corrected chi connectivity index (χ4v) is 3.22. The molecule has 90 valence electrons. The van der Waals surface area contributed by atoms with Gasteiger partial charge in [0.1, 0.15) is 5.82 Å². The molecule has 1 aromatic heterocycles. The number of hydrogen-bond acceptors (Lipinski definition) is 2. The van der Waals surface area contributed by atoms with Crippen molar-refractivity contribution >= 4 is 5.82 Å². The van der Waals surface area contributed by atoms with Crippen molar-refractivity contribution in [3.8, 4) is 0 Å². The standard InChI is InChI=1S/C15H20N2/c1-11-6-7-12-5-4-8-16-14(12)17(11)13-9-15(2,3)10-13/h4-5,8,13H,1,6-7,9-10H2,2-3H3. The van der Waals surface area contributed by atoms with Crippen molar-refractivity contribution in [3.05, 3.63) is 36.2 Å². The van der Waals surface area contributed by atoms with Crippen LogP contribution in [-0.2, 0) is 6.42 Å². The zero-order chi connectivity index (χ0) is 12.0. The number of pyridine rings is 1. The van der Waals surface area contributed by atoms with Crippen LogP contribution in [0.2, 0.25) is 0 Å². The Morgan fingerprint density at radius 1 is 1.35 bits per heavy atom. The first-order valence-corrected chi connectivity index (χ1v) is 6.48. The Morgan fingerprint density at radius 3 is 2.82 bits per heavy atom. The molecule has 0 spiro atoms. The summed E-state index contributed by atoms with van der Waals surface area (Å²) < 4.78 is 0. The van der Waals surface area contributed by atoms with Gasteiger partial charge in [-0.15, -0.1) is 0 Å². The Balaban J connectivity index is 1.91. The first-order chi connectivity index (χ1) is 8.07. The summed E-state index contributed by atoms with van der Waals surface area (Å²) >= 11 is 0. The van der Waals surface area contributed by atoms with Gasteiger partial charge < -0.3 is 4.90 Å². The maximum Gasteiger partial charge on any atom is 0.136 e. The van der Waals surface area contributed by atoms with E-state index in [0.717, 1.165) is 18.7 Å². The van der Waals surface area contributed by atoms with Gasteiger partial charge in [0, 0.05) is 17.9 Å². The number of aryl methyl sites for hydroxylation is 1. The molecule has 2 nitrogen and oxygen atoms in total. The minimum Gasteiger partial charge on any atom is -0.327 e. The summed E-state index contributed by atoms with van der Waals surface area (Å²) in [4.78, 5) is 6.96. The van der Waals surface area contributed by atoms with Crippen molar-refractivity contribution in [2.24, 2.45) is 5.41 Å². The maximum atomic E-state index is 4.57. The van der Waals surface area contributed by atoms with Crippen LogP contribution in [0.3, 0.4) is 0 Å². The number of rotatable bonds is 1. The van der Waals surface area contributed by atoms with Gasteiger partial charge in [-0.05, 0) is 42.7 Å². The zero-order valence-corrected chi connectivity index (χ0v) is 10.7. The summed E-state index contributed by atoms with van der Waals surface area (Å²) in [6, 6.07) is 4.85. The lowest BCUT2D eigenvalue weighted by molar-refractivity contribution is 0.149. The lowest BCUT2D eigenvalue weighted by atomic mass is 9.67. The lowest BCUT2D eigenvalue weighted by Crippen LogP contribution is -2.49. The van der Waals surface area contributed by atoms with Crippen LogP contribution < -0.4 is 4.90 Å². The highest BCUT2D eigenvalue weighted by Gasteiger charge is 2.42. The maximum absolute atomic E-state index is 4.57. The minimum absolute atomic E-state index is 0.497. The van der Waals surface area contributed by atoms with Crippen molar-refractivity contribution in [1.29, 1.82) is 0 Å². The third-order valence-electron chi connectivity index (χ3n) is 4.06. The average molecular weight is 228 g/mol. The molecule has 0 amide bonds. The molecule has 1 aliphatic heterocycles. The van der Waals surface area contributed by atoms with Crippen molar-refractivity contribution in [2.75, 3.05) is 4.90 Å². The second-order valence-corrected chi connectivity index (χ2v) is 6.15. The highest BCUT2D eigenvalue weighted by molar-refractivity contribution is 5.56. The minimum atomic E-state index is 0.497. The van der Waals surface area contributed by atoms with E-state index in [9.17, 15) is 0 Å². The molecule has 1 fully saturated rings. The Morgan fingerprint density at radius 2 is 2.12 bits per heavy atom. The van der Waals surface area contributed by atoms with Crippen LogP contribution in [0.15, 0.2) is 30.6 Å². The van der Waals surface area contributed by atoms with E-state index in [1.165, 1.54) is 24.1 Å². The van der Waals surface area contributed by atoms with Gasteiger partial charge in [-0.2, -0.15) is 0 Å². The third kappa shape index (κ3) is 1.76. The summed E-state index contributed by atoms with van der Waals surface area (Å²) in [6.07, 6.45) is 6.57. The number of fused-ring (bicyclic) bond motifs is 1. The van der Waals surface area contributed by atoms with Crippen molar-refractivity contribution in [3.63, 3.8) is 0 Å². The molecule has 17 heavy (non-hydrogen) atoms. The molecule has 1 saturated carbocycles. The molecular formula is C15H20N2. The van der Waals surface area contributed by atoms with Gasteiger partial charge in [0.25, 0.3) is 0 Å². The third-order valence-corrected chi connectivity index (χ3v) is 4.06. The van der Waals surface area contributed by atoms with E-state index in [2.05, 4.69) is 36.4 Å². The summed E-state index contributed by atoms with van der Waals surface area (Å²) in [7, 11) is 0. The molecule has 2 heterocycles. The Bertz CT molecular complexity index is 454. The van der Waals surface area contributed by atoms with Crippen LogP contribution in [0.5, 0.6) is 0 Å². The summed E-state index contributed by atoms with van der Waals surface area (Å²) in [5.74, 6) is 1.16. The average Bonchev–Trinajstić information content (AvgIpc) is 2.26. The topological polar surface area (TPSA) is 16.1 Å². The molecule has 2 heteroatoms. The highest BCUT2D eigenvalue weighted by atomic mass is 15.2. The molecule has 0 unspecified atom stereocenters. The Kier molecular flexibility index (Phi) is 2.29. The van der Waals surface area contributed by atoms with Gasteiger partial charge in [0.2, 0.25) is 0 Å². The van der Waals surface area contributed by atoms with E-state index < -0.39 is 0 Å². The fourth-order valence-electron chi connectivity index (χ4n) is 3.22. The van der Waals surface area contributed by atoms with Crippen LogP contribution in [0.1, 0.15) is 38.7 Å². The van der Waals surface area contributed by atoms with Crippen LogP contribution in [0.25, 0.3) is 0 Å². The van der Waals surface area contributed by atoms with E-state index in [1.54, 1.807) is 0 Å². The quantitative estimate of drug-likeness (QED) is 0.731. The molecular weight excluding hydrogens is 208 g/mol. The van der Waals surface area contributed by atoms with Gasteiger partial charge in [0.05, 0.1) is 0 Å². The first-order valence-electron chi connectivity index (χ1n) is 6.48. The van der Waals surface area contributed by atoms with Gasteiger partial charge in [-0.1, -0.05) is 26.5 Å². The molecule has 2 aliphatic rings. The largest absolute Gasteiger partial charge is 0.327 e.